The molecule has 0 aliphatic heterocycles. The van der Waals surface area contributed by atoms with E-state index in [1.165, 1.54) is 0 Å². The minimum Gasteiger partial charge on any atom is -0.479 e. The SMILES string of the molecule is CC1CCC(N(C)C(=O)NCC[C@H](O)C(=O)O)CC1. The molecule has 1 fully saturated rings. The lowest BCUT2D eigenvalue weighted by Crippen LogP contribution is -2.45. The van der Waals surface area contributed by atoms with Crippen molar-refractivity contribution in [1.82, 2.24) is 10.2 Å². The Bertz CT molecular complexity index is 314. The topological polar surface area (TPSA) is 89.9 Å². The normalized spacial score (nSPS) is 24.6. The Morgan fingerprint density at radius 2 is 1.89 bits per heavy atom. The molecule has 1 atom stereocenters. The van der Waals surface area contributed by atoms with Crippen molar-refractivity contribution in [3.63, 3.8) is 0 Å². The molecule has 0 aromatic carbocycles. The average molecular weight is 272 g/mol. The first-order chi connectivity index (χ1) is 8.91. The largest absolute Gasteiger partial charge is 0.479 e. The third-order valence-electron chi connectivity index (χ3n) is 3.83. The lowest BCUT2D eigenvalue weighted by Gasteiger charge is -2.33. The van der Waals surface area contributed by atoms with E-state index in [0.29, 0.717) is 0 Å². The van der Waals surface area contributed by atoms with Crippen molar-refractivity contribution in [3.05, 3.63) is 0 Å². The molecule has 0 unspecified atom stereocenters. The van der Waals surface area contributed by atoms with E-state index in [2.05, 4.69) is 12.2 Å². The predicted molar refractivity (Wildman–Crippen MR) is 70.8 cm³/mol. The van der Waals surface area contributed by atoms with Gasteiger partial charge in [-0.05, 0) is 31.6 Å². The van der Waals surface area contributed by atoms with Crippen LogP contribution in [0, 0.1) is 5.92 Å². The number of aliphatic hydroxyl groups is 1. The van der Waals surface area contributed by atoms with Crippen LogP contribution in [-0.4, -0.2) is 52.9 Å². The van der Waals surface area contributed by atoms with Gasteiger partial charge in [-0.15, -0.1) is 0 Å². The fraction of sp³-hybridized carbons (Fsp3) is 0.846. The Kier molecular flexibility index (Phi) is 6.08. The number of nitrogens with one attached hydrogen (secondary N) is 1. The van der Waals surface area contributed by atoms with Crippen LogP contribution in [0.1, 0.15) is 39.0 Å². The molecule has 1 rings (SSSR count). The fourth-order valence-electron chi connectivity index (χ4n) is 2.36. The van der Waals surface area contributed by atoms with Crippen LogP contribution in [-0.2, 0) is 4.79 Å². The van der Waals surface area contributed by atoms with E-state index in [4.69, 9.17) is 10.2 Å². The van der Waals surface area contributed by atoms with Crippen LogP contribution in [0.15, 0.2) is 0 Å². The number of hydrogen-bond acceptors (Lipinski definition) is 3. The van der Waals surface area contributed by atoms with Gasteiger partial charge in [-0.3, -0.25) is 0 Å². The second kappa shape index (κ2) is 7.33. The van der Waals surface area contributed by atoms with Crippen molar-refractivity contribution in [2.75, 3.05) is 13.6 Å². The second-order valence-electron chi connectivity index (χ2n) is 5.40. The van der Waals surface area contributed by atoms with E-state index in [9.17, 15) is 9.59 Å². The Morgan fingerprint density at radius 1 is 1.32 bits per heavy atom. The summed E-state index contributed by atoms with van der Waals surface area (Å²) in [4.78, 5) is 24.0. The van der Waals surface area contributed by atoms with Crippen LogP contribution in [0.2, 0.25) is 0 Å². The minimum atomic E-state index is -1.42. The number of rotatable bonds is 5. The lowest BCUT2D eigenvalue weighted by atomic mass is 9.87. The quantitative estimate of drug-likeness (QED) is 0.697. The number of carboxylic acids is 1. The summed E-state index contributed by atoms with van der Waals surface area (Å²) in [6, 6.07) is 0.0674. The van der Waals surface area contributed by atoms with Gasteiger partial charge in [0, 0.05) is 26.1 Å². The van der Waals surface area contributed by atoms with E-state index in [1.54, 1.807) is 11.9 Å². The molecule has 0 saturated heterocycles. The summed E-state index contributed by atoms with van der Waals surface area (Å²) in [7, 11) is 1.77. The van der Waals surface area contributed by atoms with Crippen LogP contribution >= 0.6 is 0 Å². The molecule has 6 nitrogen and oxygen atoms in total. The highest BCUT2D eigenvalue weighted by Gasteiger charge is 2.24. The van der Waals surface area contributed by atoms with Gasteiger partial charge >= 0.3 is 12.0 Å². The van der Waals surface area contributed by atoms with Gasteiger partial charge in [0.2, 0.25) is 0 Å². The Labute approximate surface area is 113 Å². The first kappa shape index (κ1) is 15.8. The molecule has 0 aromatic rings. The zero-order valence-corrected chi connectivity index (χ0v) is 11.6. The molecule has 0 aromatic heterocycles. The smallest absolute Gasteiger partial charge is 0.332 e. The summed E-state index contributed by atoms with van der Waals surface area (Å²) in [6.07, 6.45) is 2.92. The monoisotopic (exact) mass is 272 g/mol. The van der Waals surface area contributed by atoms with Crippen LogP contribution in [0.4, 0.5) is 4.79 Å². The molecule has 6 heteroatoms. The summed E-state index contributed by atoms with van der Waals surface area (Å²) in [5, 5.41) is 20.2. The van der Waals surface area contributed by atoms with Gasteiger partial charge in [0.05, 0.1) is 0 Å². The van der Waals surface area contributed by atoms with Gasteiger partial charge in [0.1, 0.15) is 0 Å². The minimum absolute atomic E-state index is 0.0244. The van der Waals surface area contributed by atoms with Crippen LogP contribution in [0.25, 0.3) is 0 Å². The van der Waals surface area contributed by atoms with E-state index >= 15 is 0 Å². The molecule has 2 amide bonds. The number of carboxylic acid groups (broad SMARTS) is 1. The first-order valence-electron chi connectivity index (χ1n) is 6.83. The van der Waals surface area contributed by atoms with Gasteiger partial charge < -0.3 is 20.4 Å². The fourth-order valence-corrected chi connectivity index (χ4v) is 2.36. The Morgan fingerprint density at radius 3 is 2.42 bits per heavy atom. The average Bonchev–Trinajstić information content (AvgIpc) is 2.38. The molecule has 1 saturated carbocycles. The molecule has 1 aliphatic carbocycles. The number of aliphatic carboxylic acids is 1. The number of amides is 2. The highest BCUT2D eigenvalue weighted by molar-refractivity contribution is 5.74. The lowest BCUT2D eigenvalue weighted by molar-refractivity contribution is -0.146. The van der Waals surface area contributed by atoms with Crippen LogP contribution < -0.4 is 5.32 Å². The summed E-state index contributed by atoms with van der Waals surface area (Å²) in [5.41, 5.74) is 0. The molecule has 0 bridgehead atoms. The summed E-state index contributed by atoms with van der Waals surface area (Å²) in [6.45, 7) is 2.39. The maximum Gasteiger partial charge on any atom is 0.332 e. The summed E-state index contributed by atoms with van der Waals surface area (Å²) in [5.74, 6) is -0.526. The maximum absolute atomic E-state index is 11.9. The molecular formula is C13H24N2O4. The van der Waals surface area contributed by atoms with Crippen LogP contribution in [0.5, 0.6) is 0 Å². The van der Waals surface area contributed by atoms with Crippen molar-refractivity contribution in [3.8, 4) is 0 Å². The van der Waals surface area contributed by atoms with Crippen molar-refractivity contribution in [1.29, 1.82) is 0 Å². The van der Waals surface area contributed by atoms with Gasteiger partial charge in [-0.2, -0.15) is 0 Å². The van der Waals surface area contributed by atoms with E-state index < -0.39 is 12.1 Å². The third-order valence-corrected chi connectivity index (χ3v) is 3.83. The molecule has 0 heterocycles. The van der Waals surface area contributed by atoms with Crippen molar-refractivity contribution in [2.45, 2.75) is 51.2 Å². The molecule has 0 radical (unpaired) electrons. The van der Waals surface area contributed by atoms with Gasteiger partial charge in [-0.25, -0.2) is 9.59 Å². The van der Waals surface area contributed by atoms with Gasteiger partial charge in [-0.1, -0.05) is 6.92 Å². The highest BCUT2D eigenvalue weighted by Crippen LogP contribution is 2.26. The van der Waals surface area contributed by atoms with Crippen molar-refractivity contribution >= 4 is 12.0 Å². The van der Waals surface area contributed by atoms with Crippen LogP contribution in [0.3, 0.4) is 0 Å². The number of carbonyl (C=O) groups is 2. The number of urea groups is 1. The zero-order chi connectivity index (χ0) is 14.4. The zero-order valence-electron chi connectivity index (χ0n) is 11.6. The standard InChI is InChI=1S/C13H24N2O4/c1-9-3-5-10(6-4-9)15(2)13(19)14-8-7-11(16)12(17)18/h9-11,16H,3-8H2,1-2H3,(H,14,19)(H,17,18)/t9?,10?,11-/m0/s1. The molecule has 0 spiro atoms. The van der Waals surface area contributed by atoms with E-state index in [1.807, 2.05) is 0 Å². The van der Waals surface area contributed by atoms with E-state index in [0.717, 1.165) is 31.6 Å². The Balaban J connectivity index is 2.27. The van der Waals surface area contributed by atoms with Crippen molar-refractivity contribution in [2.24, 2.45) is 5.92 Å². The van der Waals surface area contributed by atoms with Gasteiger partial charge in [0.25, 0.3) is 0 Å². The maximum atomic E-state index is 11.9. The number of carbonyl (C=O) groups excluding carboxylic acids is 1. The number of aliphatic hydroxyl groups excluding tert-OH is 1. The summed E-state index contributed by atoms with van der Waals surface area (Å²) >= 11 is 0. The van der Waals surface area contributed by atoms with Gasteiger partial charge in [0.15, 0.2) is 6.10 Å². The highest BCUT2D eigenvalue weighted by atomic mass is 16.4. The first-order valence-corrected chi connectivity index (χ1v) is 6.83. The summed E-state index contributed by atoms with van der Waals surface area (Å²) < 4.78 is 0. The molecule has 110 valence electrons. The second-order valence-corrected chi connectivity index (χ2v) is 5.40. The number of nitrogens with zero attached hydrogens (tertiary/aromatic N) is 1. The van der Waals surface area contributed by atoms with E-state index in [-0.39, 0.29) is 25.0 Å². The molecule has 1 aliphatic rings. The van der Waals surface area contributed by atoms with Crippen molar-refractivity contribution < 1.29 is 19.8 Å². The third kappa shape index (κ3) is 5.06. The Hall–Kier alpha value is -1.30. The molecule has 19 heavy (non-hydrogen) atoms. The molecule has 3 N–H and O–H groups in total. The predicted octanol–water partition coefficient (Wildman–Crippen LogP) is 1.04. The molecular weight excluding hydrogens is 248 g/mol. The number of hydrogen-bond donors (Lipinski definition) is 3.